The maximum atomic E-state index is 13.0. The average molecular weight is 541 g/mol. The van der Waals surface area contributed by atoms with Gasteiger partial charge in [-0.05, 0) is 56.5 Å². The van der Waals surface area contributed by atoms with Crippen molar-refractivity contribution in [3.63, 3.8) is 0 Å². The number of benzene rings is 1. The monoisotopic (exact) mass is 541 g/mol. The van der Waals surface area contributed by atoms with Gasteiger partial charge in [0, 0.05) is 32.4 Å². The first kappa shape index (κ1) is 25.3. The van der Waals surface area contributed by atoms with Gasteiger partial charge in [-0.15, -0.1) is 24.0 Å². The maximum Gasteiger partial charge on any atom is 0.191 e. The summed E-state index contributed by atoms with van der Waals surface area (Å²) in [6.07, 6.45) is 3.12. The van der Waals surface area contributed by atoms with Crippen LogP contribution in [0.4, 0.5) is 10.2 Å². The minimum absolute atomic E-state index is 0. The van der Waals surface area contributed by atoms with Gasteiger partial charge in [-0.25, -0.2) is 14.4 Å². The first-order valence-corrected chi connectivity index (χ1v) is 10.7. The van der Waals surface area contributed by atoms with E-state index in [0.29, 0.717) is 6.54 Å². The van der Waals surface area contributed by atoms with Crippen molar-refractivity contribution in [2.45, 2.75) is 45.9 Å². The lowest BCUT2D eigenvalue weighted by molar-refractivity contribution is -0.00545. The van der Waals surface area contributed by atoms with Gasteiger partial charge in [0.1, 0.15) is 11.6 Å². The largest absolute Gasteiger partial charge is 0.372 e. The van der Waals surface area contributed by atoms with E-state index in [2.05, 4.69) is 51.5 Å². The number of ether oxygens (including phenoxy) is 1. The predicted molar refractivity (Wildman–Crippen MR) is 135 cm³/mol. The first-order chi connectivity index (χ1) is 14.5. The highest BCUT2D eigenvalue weighted by Gasteiger charge is 2.22. The lowest BCUT2D eigenvalue weighted by Crippen LogP contribution is -2.45. The van der Waals surface area contributed by atoms with E-state index in [0.717, 1.165) is 55.5 Å². The second-order valence-electron chi connectivity index (χ2n) is 7.69. The molecule has 2 N–H and O–H groups in total. The van der Waals surface area contributed by atoms with Gasteiger partial charge < -0.3 is 20.3 Å². The summed E-state index contributed by atoms with van der Waals surface area (Å²) >= 11 is 0. The SMILES string of the molecule is CCNC(=NCc1ccc(N2CC(C)OC(C)C2)nc1)NCCc1ccc(F)cc1.I. The average Bonchev–Trinajstić information content (AvgIpc) is 2.73. The fraction of sp³-hybridized carbons (Fsp3) is 0.478. The summed E-state index contributed by atoms with van der Waals surface area (Å²) in [5.74, 6) is 1.53. The molecular weight excluding hydrogens is 508 g/mol. The molecule has 0 amide bonds. The molecule has 1 aliphatic heterocycles. The molecule has 2 aromatic rings. The van der Waals surface area contributed by atoms with Crippen molar-refractivity contribution in [2.75, 3.05) is 31.1 Å². The molecule has 2 atom stereocenters. The topological polar surface area (TPSA) is 61.8 Å². The van der Waals surface area contributed by atoms with E-state index in [4.69, 9.17) is 4.74 Å². The molecule has 0 saturated carbocycles. The number of guanidine groups is 1. The predicted octanol–water partition coefficient (Wildman–Crippen LogP) is 3.75. The molecule has 6 nitrogen and oxygen atoms in total. The number of rotatable bonds is 7. The fourth-order valence-electron chi connectivity index (χ4n) is 3.55. The van der Waals surface area contributed by atoms with Crippen LogP contribution in [0.2, 0.25) is 0 Å². The van der Waals surface area contributed by atoms with Crippen molar-refractivity contribution >= 4 is 35.8 Å². The molecule has 8 heteroatoms. The van der Waals surface area contributed by atoms with Crippen molar-refractivity contribution in [3.05, 3.63) is 59.5 Å². The van der Waals surface area contributed by atoms with Gasteiger partial charge in [-0.1, -0.05) is 18.2 Å². The summed E-state index contributed by atoms with van der Waals surface area (Å²) in [7, 11) is 0. The number of anilines is 1. The van der Waals surface area contributed by atoms with Crippen molar-refractivity contribution in [2.24, 2.45) is 4.99 Å². The van der Waals surface area contributed by atoms with Crippen molar-refractivity contribution < 1.29 is 9.13 Å². The van der Waals surface area contributed by atoms with Crippen LogP contribution in [0.15, 0.2) is 47.6 Å². The number of aromatic nitrogens is 1. The smallest absolute Gasteiger partial charge is 0.191 e. The third kappa shape index (κ3) is 8.25. The second kappa shape index (κ2) is 12.8. The molecule has 170 valence electrons. The maximum absolute atomic E-state index is 13.0. The number of morpholine rings is 1. The van der Waals surface area contributed by atoms with Crippen LogP contribution in [0.1, 0.15) is 31.9 Å². The van der Waals surface area contributed by atoms with Crippen LogP contribution in [0.3, 0.4) is 0 Å². The minimum Gasteiger partial charge on any atom is -0.372 e. The molecule has 0 aliphatic carbocycles. The molecule has 1 aromatic heterocycles. The third-order valence-electron chi connectivity index (χ3n) is 4.94. The highest BCUT2D eigenvalue weighted by Crippen LogP contribution is 2.18. The van der Waals surface area contributed by atoms with Gasteiger partial charge in [-0.2, -0.15) is 0 Å². The zero-order valence-electron chi connectivity index (χ0n) is 18.5. The Morgan fingerprint density at radius 1 is 1.10 bits per heavy atom. The highest BCUT2D eigenvalue weighted by atomic mass is 127. The van der Waals surface area contributed by atoms with Crippen LogP contribution in [-0.4, -0.2) is 49.3 Å². The van der Waals surface area contributed by atoms with Crippen LogP contribution in [0, 0.1) is 5.82 Å². The van der Waals surface area contributed by atoms with E-state index in [9.17, 15) is 4.39 Å². The van der Waals surface area contributed by atoms with Crippen molar-refractivity contribution in [1.29, 1.82) is 0 Å². The first-order valence-electron chi connectivity index (χ1n) is 10.7. The quantitative estimate of drug-likeness (QED) is 0.318. The van der Waals surface area contributed by atoms with Crippen LogP contribution >= 0.6 is 24.0 Å². The summed E-state index contributed by atoms with van der Waals surface area (Å²) in [5, 5.41) is 6.59. The number of pyridine rings is 1. The number of hydrogen-bond acceptors (Lipinski definition) is 4. The Labute approximate surface area is 201 Å². The molecule has 1 aromatic carbocycles. The van der Waals surface area contributed by atoms with Gasteiger partial charge in [0.15, 0.2) is 5.96 Å². The molecule has 1 aliphatic rings. The van der Waals surface area contributed by atoms with Gasteiger partial charge in [0.05, 0.1) is 18.8 Å². The molecule has 0 spiro atoms. The molecule has 0 radical (unpaired) electrons. The lowest BCUT2D eigenvalue weighted by atomic mass is 10.1. The van der Waals surface area contributed by atoms with Gasteiger partial charge in [-0.3, -0.25) is 0 Å². The Bertz CT molecular complexity index is 806. The zero-order chi connectivity index (χ0) is 21.3. The van der Waals surface area contributed by atoms with Crippen molar-refractivity contribution in [1.82, 2.24) is 15.6 Å². The molecule has 2 unspecified atom stereocenters. The highest BCUT2D eigenvalue weighted by molar-refractivity contribution is 14.0. The summed E-state index contributed by atoms with van der Waals surface area (Å²) in [6, 6.07) is 10.7. The van der Waals surface area contributed by atoms with Gasteiger partial charge in [0.2, 0.25) is 0 Å². The van der Waals surface area contributed by atoms with E-state index in [-0.39, 0.29) is 42.0 Å². The normalized spacial score (nSPS) is 19.0. The Morgan fingerprint density at radius 3 is 2.39 bits per heavy atom. The van der Waals surface area contributed by atoms with Crippen LogP contribution in [0.5, 0.6) is 0 Å². The number of aliphatic imine (C=N–C) groups is 1. The van der Waals surface area contributed by atoms with E-state index >= 15 is 0 Å². The Kier molecular flexibility index (Phi) is 10.5. The molecule has 0 bridgehead atoms. The van der Waals surface area contributed by atoms with E-state index in [1.54, 1.807) is 0 Å². The van der Waals surface area contributed by atoms with Crippen LogP contribution < -0.4 is 15.5 Å². The van der Waals surface area contributed by atoms with Crippen molar-refractivity contribution in [3.8, 4) is 0 Å². The molecule has 2 heterocycles. The fourth-order valence-corrected chi connectivity index (χ4v) is 3.55. The van der Waals surface area contributed by atoms with Gasteiger partial charge in [0.25, 0.3) is 0 Å². The second-order valence-corrected chi connectivity index (χ2v) is 7.69. The summed E-state index contributed by atoms with van der Waals surface area (Å²) in [6.45, 7) is 10.0. The lowest BCUT2D eigenvalue weighted by Gasteiger charge is -2.36. The van der Waals surface area contributed by atoms with Crippen LogP contribution in [0.25, 0.3) is 0 Å². The summed E-state index contributed by atoms with van der Waals surface area (Å²) in [4.78, 5) is 11.6. The summed E-state index contributed by atoms with van der Waals surface area (Å²) in [5.41, 5.74) is 2.15. The summed E-state index contributed by atoms with van der Waals surface area (Å²) < 4.78 is 18.8. The number of hydrogen-bond donors (Lipinski definition) is 2. The van der Waals surface area contributed by atoms with E-state index in [1.165, 1.54) is 12.1 Å². The Morgan fingerprint density at radius 2 is 1.77 bits per heavy atom. The Balaban J connectivity index is 0.00000341. The third-order valence-corrected chi connectivity index (χ3v) is 4.94. The molecule has 1 fully saturated rings. The molecular formula is C23H33FIN5O. The van der Waals surface area contributed by atoms with Gasteiger partial charge >= 0.3 is 0 Å². The Hall–Kier alpha value is -1.94. The molecule has 3 rings (SSSR count). The molecule has 31 heavy (non-hydrogen) atoms. The van der Waals surface area contributed by atoms with Crippen LogP contribution in [-0.2, 0) is 17.7 Å². The van der Waals surface area contributed by atoms with E-state index in [1.807, 2.05) is 25.3 Å². The zero-order valence-corrected chi connectivity index (χ0v) is 20.8. The number of nitrogens with zero attached hydrogens (tertiary/aromatic N) is 3. The number of halogens is 2. The standard InChI is InChI=1S/C23H32FN5O.HI/c1-4-25-23(26-12-11-19-5-8-21(24)9-6-19)28-14-20-7-10-22(27-13-20)29-15-17(2)30-18(3)16-29;/h5-10,13,17-18H,4,11-12,14-16H2,1-3H3,(H2,25,26,28);1H. The minimum atomic E-state index is -0.209. The molecule has 1 saturated heterocycles. The number of nitrogens with one attached hydrogen (secondary N) is 2. The van der Waals surface area contributed by atoms with E-state index < -0.39 is 0 Å².